The third-order valence-corrected chi connectivity index (χ3v) is 3.29. The molecule has 110 valence electrons. The van der Waals surface area contributed by atoms with E-state index in [0.717, 1.165) is 5.56 Å². The molecule has 1 aromatic rings. The summed E-state index contributed by atoms with van der Waals surface area (Å²) in [5.41, 5.74) is 0.917. The molecule has 0 radical (unpaired) electrons. The van der Waals surface area contributed by atoms with Crippen molar-refractivity contribution in [3.05, 3.63) is 35.9 Å². The van der Waals surface area contributed by atoms with Crippen LogP contribution in [-0.2, 0) is 16.1 Å². The van der Waals surface area contributed by atoms with Gasteiger partial charge in [0.1, 0.15) is 6.61 Å². The molecule has 20 heavy (non-hydrogen) atoms. The number of hydrogen-bond donors (Lipinski definition) is 1. The van der Waals surface area contributed by atoms with Gasteiger partial charge in [-0.2, -0.15) is 0 Å². The Bertz CT molecular complexity index is 434. The third kappa shape index (κ3) is 5.61. The van der Waals surface area contributed by atoms with Crippen molar-refractivity contribution in [2.75, 3.05) is 12.4 Å². The van der Waals surface area contributed by atoms with Gasteiger partial charge >= 0.3 is 6.09 Å². The van der Waals surface area contributed by atoms with E-state index in [2.05, 4.69) is 5.32 Å². The van der Waals surface area contributed by atoms with Crippen LogP contribution in [0.1, 0.15) is 19.4 Å². The summed E-state index contributed by atoms with van der Waals surface area (Å²) >= 11 is 5.55. The molecule has 0 aromatic heterocycles. The zero-order valence-electron chi connectivity index (χ0n) is 11.8. The molecule has 0 aliphatic rings. The van der Waals surface area contributed by atoms with Crippen LogP contribution in [-0.4, -0.2) is 24.3 Å². The minimum Gasteiger partial charge on any atom is -0.445 e. The fourth-order valence-corrected chi connectivity index (χ4v) is 1.99. The van der Waals surface area contributed by atoms with E-state index >= 15 is 0 Å². The van der Waals surface area contributed by atoms with Crippen LogP contribution in [0, 0.1) is 11.8 Å². The lowest BCUT2D eigenvalue weighted by molar-refractivity contribution is -0.121. The lowest BCUT2D eigenvalue weighted by atomic mass is 9.92. The Morgan fingerprint density at radius 2 is 1.90 bits per heavy atom. The first-order chi connectivity index (χ1) is 9.54. The minimum atomic E-state index is -0.526. The number of Topliss-reactive ketones (excluding diaryl/α,β-unsaturated/α-hetero) is 1. The molecule has 0 aliphatic heterocycles. The molecule has 1 N–H and O–H groups in total. The van der Waals surface area contributed by atoms with E-state index in [0.29, 0.717) is 0 Å². The molecule has 0 spiro atoms. The molecule has 5 heteroatoms. The van der Waals surface area contributed by atoms with Crippen LogP contribution in [0.3, 0.4) is 0 Å². The predicted molar refractivity (Wildman–Crippen MR) is 78.7 cm³/mol. The number of nitrogens with one attached hydrogen (secondary N) is 1. The van der Waals surface area contributed by atoms with Crippen molar-refractivity contribution >= 4 is 23.5 Å². The monoisotopic (exact) mass is 297 g/mol. The number of ether oxygens (including phenoxy) is 1. The Labute approximate surface area is 124 Å². The highest BCUT2D eigenvalue weighted by atomic mass is 35.5. The molecule has 1 amide bonds. The number of amides is 1. The van der Waals surface area contributed by atoms with Gasteiger partial charge in [-0.15, -0.1) is 11.6 Å². The van der Waals surface area contributed by atoms with Crippen LogP contribution < -0.4 is 5.32 Å². The zero-order valence-corrected chi connectivity index (χ0v) is 12.5. The Morgan fingerprint density at radius 1 is 1.25 bits per heavy atom. The molecule has 1 atom stereocenters. The van der Waals surface area contributed by atoms with E-state index in [1.165, 1.54) is 0 Å². The molecule has 0 heterocycles. The molecular formula is C15H20ClNO3. The van der Waals surface area contributed by atoms with Crippen molar-refractivity contribution in [3.63, 3.8) is 0 Å². The van der Waals surface area contributed by atoms with Gasteiger partial charge in [0.05, 0.1) is 5.88 Å². The number of alkyl halides is 1. The summed E-state index contributed by atoms with van der Waals surface area (Å²) in [7, 11) is 0. The molecule has 0 bridgehead atoms. The maximum atomic E-state index is 11.6. The maximum absolute atomic E-state index is 11.6. The van der Waals surface area contributed by atoms with Gasteiger partial charge in [0.25, 0.3) is 0 Å². The summed E-state index contributed by atoms with van der Waals surface area (Å²) in [5, 5.41) is 2.61. The fourth-order valence-electron chi connectivity index (χ4n) is 1.79. The Balaban J connectivity index is 2.36. The summed E-state index contributed by atoms with van der Waals surface area (Å²) in [6.45, 7) is 4.30. The van der Waals surface area contributed by atoms with Crippen molar-refractivity contribution < 1.29 is 14.3 Å². The predicted octanol–water partition coefficient (Wildman–Crippen LogP) is 2.99. The summed E-state index contributed by atoms with van der Waals surface area (Å²) in [6.07, 6.45) is -0.526. The number of carbonyl (C=O) groups is 2. The van der Waals surface area contributed by atoms with Gasteiger partial charge in [-0.05, 0) is 11.5 Å². The second kappa shape index (κ2) is 8.59. The van der Waals surface area contributed by atoms with Gasteiger partial charge in [-0.1, -0.05) is 44.2 Å². The Morgan fingerprint density at radius 3 is 2.45 bits per heavy atom. The minimum absolute atomic E-state index is 0.0381. The quantitative estimate of drug-likeness (QED) is 0.787. The smallest absolute Gasteiger partial charge is 0.407 e. The first kappa shape index (κ1) is 16.5. The summed E-state index contributed by atoms with van der Waals surface area (Å²) in [5.74, 6) is -0.263. The van der Waals surface area contributed by atoms with Gasteiger partial charge in [0.2, 0.25) is 0 Å². The van der Waals surface area contributed by atoms with Crippen LogP contribution >= 0.6 is 11.6 Å². The molecule has 4 nitrogen and oxygen atoms in total. The van der Waals surface area contributed by atoms with Crippen LogP contribution in [0.25, 0.3) is 0 Å². The highest BCUT2D eigenvalue weighted by molar-refractivity contribution is 6.27. The van der Waals surface area contributed by atoms with E-state index in [-0.39, 0.29) is 36.7 Å². The van der Waals surface area contributed by atoms with E-state index in [1.54, 1.807) is 0 Å². The number of rotatable bonds is 7. The molecule has 1 unspecified atom stereocenters. The first-order valence-corrected chi connectivity index (χ1v) is 7.11. The highest BCUT2D eigenvalue weighted by Gasteiger charge is 2.22. The van der Waals surface area contributed by atoms with Gasteiger partial charge in [-0.25, -0.2) is 4.79 Å². The van der Waals surface area contributed by atoms with E-state index < -0.39 is 6.09 Å². The molecule has 0 saturated heterocycles. The average Bonchev–Trinajstić information content (AvgIpc) is 2.45. The zero-order chi connectivity index (χ0) is 15.0. The summed E-state index contributed by atoms with van der Waals surface area (Å²) in [6, 6.07) is 9.41. The molecule has 0 aliphatic carbocycles. The van der Waals surface area contributed by atoms with Crippen LogP contribution in [0.2, 0.25) is 0 Å². The van der Waals surface area contributed by atoms with Crippen molar-refractivity contribution in [2.45, 2.75) is 20.5 Å². The van der Waals surface area contributed by atoms with Crippen LogP contribution in [0.4, 0.5) is 4.79 Å². The standard InChI is InChI=1S/C15H20ClNO3/c1-11(2)13(14(18)8-16)9-17-15(19)20-10-12-6-4-3-5-7-12/h3-7,11,13H,8-10H2,1-2H3,(H,17,19). The maximum Gasteiger partial charge on any atom is 0.407 e. The fraction of sp³-hybridized carbons (Fsp3) is 0.467. The third-order valence-electron chi connectivity index (χ3n) is 3.03. The lowest BCUT2D eigenvalue weighted by Crippen LogP contribution is -2.36. The van der Waals surface area contributed by atoms with Gasteiger partial charge < -0.3 is 10.1 Å². The first-order valence-electron chi connectivity index (χ1n) is 6.57. The van der Waals surface area contributed by atoms with Gasteiger partial charge in [-0.3, -0.25) is 4.79 Å². The van der Waals surface area contributed by atoms with E-state index in [9.17, 15) is 9.59 Å². The molecule has 1 aromatic carbocycles. The number of hydrogen-bond acceptors (Lipinski definition) is 3. The van der Waals surface area contributed by atoms with Gasteiger partial charge in [0.15, 0.2) is 5.78 Å². The van der Waals surface area contributed by atoms with Crippen molar-refractivity contribution in [1.29, 1.82) is 0 Å². The molecular weight excluding hydrogens is 278 g/mol. The number of halogens is 1. The normalized spacial score (nSPS) is 12.0. The summed E-state index contributed by atoms with van der Waals surface area (Å²) in [4.78, 5) is 23.2. The lowest BCUT2D eigenvalue weighted by Gasteiger charge is -2.18. The number of ketones is 1. The van der Waals surface area contributed by atoms with Crippen LogP contribution in [0.5, 0.6) is 0 Å². The Kier molecular flexibility index (Phi) is 7.09. The number of carbonyl (C=O) groups excluding carboxylic acids is 2. The molecule has 0 saturated carbocycles. The van der Waals surface area contributed by atoms with E-state index in [4.69, 9.17) is 16.3 Å². The number of alkyl carbamates (subject to hydrolysis) is 1. The summed E-state index contributed by atoms with van der Waals surface area (Å²) < 4.78 is 5.08. The Hall–Kier alpha value is -1.55. The number of benzene rings is 1. The van der Waals surface area contributed by atoms with Crippen molar-refractivity contribution in [2.24, 2.45) is 11.8 Å². The van der Waals surface area contributed by atoms with Crippen molar-refractivity contribution in [1.82, 2.24) is 5.32 Å². The highest BCUT2D eigenvalue weighted by Crippen LogP contribution is 2.12. The van der Waals surface area contributed by atoms with Crippen LogP contribution in [0.15, 0.2) is 30.3 Å². The largest absolute Gasteiger partial charge is 0.445 e. The molecule has 1 rings (SSSR count). The van der Waals surface area contributed by atoms with Crippen molar-refractivity contribution in [3.8, 4) is 0 Å². The molecule has 0 fully saturated rings. The average molecular weight is 298 g/mol. The second-order valence-electron chi connectivity index (χ2n) is 4.89. The van der Waals surface area contributed by atoms with Gasteiger partial charge in [0, 0.05) is 12.5 Å². The topological polar surface area (TPSA) is 55.4 Å². The second-order valence-corrected chi connectivity index (χ2v) is 5.16. The van der Waals surface area contributed by atoms with E-state index in [1.807, 2.05) is 44.2 Å². The SMILES string of the molecule is CC(C)C(CNC(=O)OCc1ccccc1)C(=O)CCl.